The van der Waals surface area contributed by atoms with Crippen molar-refractivity contribution in [2.75, 3.05) is 10.6 Å². The molecular weight excluding hydrogens is 493 g/mol. The van der Waals surface area contributed by atoms with E-state index in [1.54, 1.807) is 48.5 Å². The fraction of sp³-hybridized carbons (Fsp3) is 0. The summed E-state index contributed by atoms with van der Waals surface area (Å²) in [5.41, 5.74) is 1.21. The predicted molar refractivity (Wildman–Crippen MR) is 134 cm³/mol. The highest BCUT2D eigenvalue weighted by Gasteiger charge is 2.18. The van der Waals surface area contributed by atoms with Crippen LogP contribution < -0.4 is 16.0 Å². The zero-order chi connectivity index (χ0) is 22.0. The Labute approximate surface area is 201 Å². The average Bonchev–Trinajstić information content (AvgIpc) is 3.36. The van der Waals surface area contributed by atoms with Crippen molar-refractivity contribution in [3.05, 3.63) is 79.8 Å². The maximum absolute atomic E-state index is 12.7. The standard InChI is InChI=1S/C21H13Cl2N3O2S3/c22-11-6-7-14-16(9-11)31-18(17(14)23)20(28)26-21(29)25-13-4-1-3-12(10-13)24-19(27)15-5-2-8-30-15/h1-10H,(H,24,27)(H2,25,26,28,29). The van der Waals surface area contributed by atoms with Crippen molar-refractivity contribution in [2.24, 2.45) is 0 Å². The molecule has 4 aromatic rings. The molecule has 2 aromatic carbocycles. The number of hydrogen-bond donors (Lipinski definition) is 3. The molecule has 0 saturated carbocycles. The van der Waals surface area contributed by atoms with E-state index in [0.717, 1.165) is 10.1 Å². The summed E-state index contributed by atoms with van der Waals surface area (Å²) in [6, 6.07) is 15.9. The lowest BCUT2D eigenvalue weighted by molar-refractivity contribution is 0.0980. The number of amides is 2. The number of halogens is 2. The first-order valence-corrected chi connectivity index (χ1v) is 11.7. The highest BCUT2D eigenvalue weighted by atomic mass is 35.5. The van der Waals surface area contributed by atoms with Gasteiger partial charge in [-0.2, -0.15) is 0 Å². The van der Waals surface area contributed by atoms with Crippen molar-refractivity contribution in [2.45, 2.75) is 0 Å². The zero-order valence-electron chi connectivity index (χ0n) is 15.6. The predicted octanol–water partition coefficient (Wildman–Crippen LogP) is 6.65. The van der Waals surface area contributed by atoms with Gasteiger partial charge < -0.3 is 10.6 Å². The molecule has 0 fully saturated rings. The second-order valence-corrected chi connectivity index (χ2v) is 9.53. The molecule has 0 bridgehead atoms. The summed E-state index contributed by atoms with van der Waals surface area (Å²) in [7, 11) is 0. The Bertz CT molecular complexity index is 1300. The molecule has 2 heterocycles. The van der Waals surface area contributed by atoms with Crippen LogP contribution in [0.1, 0.15) is 19.3 Å². The van der Waals surface area contributed by atoms with E-state index < -0.39 is 5.91 Å². The van der Waals surface area contributed by atoms with Crippen molar-refractivity contribution in [1.29, 1.82) is 0 Å². The summed E-state index contributed by atoms with van der Waals surface area (Å²) >= 11 is 20.2. The monoisotopic (exact) mass is 505 g/mol. The summed E-state index contributed by atoms with van der Waals surface area (Å²) < 4.78 is 0.815. The number of nitrogens with one attached hydrogen (secondary N) is 3. The zero-order valence-corrected chi connectivity index (χ0v) is 19.5. The molecule has 0 unspecified atom stereocenters. The lowest BCUT2D eigenvalue weighted by Gasteiger charge is -2.11. The molecule has 2 amide bonds. The summed E-state index contributed by atoms with van der Waals surface area (Å²) in [5.74, 6) is -0.607. The van der Waals surface area contributed by atoms with Crippen LogP contribution >= 0.6 is 58.1 Å². The second-order valence-electron chi connectivity index (χ2n) is 6.31. The number of carbonyl (C=O) groups is 2. The summed E-state index contributed by atoms with van der Waals surface area (Å²) in [6.45, 7) is 0. The van der Waals surface area contributed by atoms with Crippen LogP contribution in [-0.2, 0) is 0 Å². The van der Waals surface area contributed by atoms with Gasteiger partial charge in [-0.15, -0.1) is 22.7 Å². The van der Waals surface area contributed by atoms with Gasteiger partial charge in [-0.1, -0.05) is 41.4 Å². The highest BCUT2D eigenvalue weighted by molar-refractivity contribution is 7.80. The molecule has 0 spiro atoms. The van der Waals surface area contributed by atoms with Gasteiger partial charge in [-0.3, -0.25) is 14.9 Å². The number of fused-ring (bicyclic) bond motifs is 1. The van der Waals surface area contributed by atoms with E-state index in [0.29, 0.717) is 31.2 Å². The van der Waals surface area contributed by atoms with Gasteiger partial charge in [0.2, 0.25) is 0 Å². The third-order valence-electron chi connectivity index (χ3n) is 4.15. The molecule has 10 heteroatoms. The van der Waals surface area contributed by atoms with Gasteiger partial charge in [0, 0.05) is 26.5 Å². The summed E-state index contributed by atoms with van der Waals surface area (Å²) in [6.07, 6.45) is 0. The SMILES string of the molecule is O=C(Nc1cccc(NC(=S)NC(=O)c2sc3cc(Cl)ccc3c2Cl)c1)c1cccs1. The Balaban J connectivity index is 1.42. The number of rotatable bonds is 4. The van der Waals surface area contributed by atoms with E-state index in [4.69, 9.17) is 35.4 Å². The fourth-order valence-electron chi connectivity index (χ4n) is 2.78. The Morgan fingerprint density at radius 1 is 0.903 bits per heavy atom. The minimum atomic E-state index is -0.415. The van der Waals surface area contributed by atoms with Crippen LogP contribution in [0.25, 0.3) is 10.1 Å². The van der Waals surface area contributed by atoms with E-state index in [-0.39, 0.29) is 11.0 Å². The van der Waals surface area contributed by atoms with Crippen molar-refractivity contribution < 1.29 is 9.59 Å². The van der Waals surface area contributed by atoms with Crippen molar-refractivity contribution in [3.8, 4) is 0 Å². The number of hydrogen-bond acceptors (Lipinski definition) is 5. The topological polar surface area (TPSA) is 70.2 Å². The number of thiophene rings is 2. The first kappa shape index (κ1) is 21.7. The van der Waals surface area contributed by atoms with E-state index >= 15 is 0 Å². The van der Waals surface area contributed by atoms with Gasteiger partial charge in [-0.05, 0) is 54.0 Å². The molecular formula is C21H13Cl2N3O2S3. The first-order chi connectivity index (χ1) is 14.9. The number of carbonyl (C=O) groups excluding carboxylic acids is 2. The highest BCUT2D eigenvalue weighted by Crippen LogP contribution is 2.36. The van der Waals surface area contributed by atoms with Crippen LogP contribution in [0.2, 0.25) is 10.0 Å². The molecule has 0 aliphatic carbocycles. The maximum Gasteiger partial charge on any atom is 0.269 e. The normalized spacial score (nSPS) is 10.6. The molecule has 0 saturated heterocycles. The van der Waals surface area contributed by atoms with Crippen LogP contribution in [0, 0.1) is 0 Å². The average molecular weight is 506 g/mol. The van der Waals surface area contributed by atoms with E-state index in [1.165, 1.54) is 22.7 Å². The van der Waals surface area contributed by atoms with E-state index in [2.05, 4.69) is 16.0 Å². The fourth-order valence-corrected chi connectivity index (χ4v) is 5.30. The smallest absolute Gasteiger partial charge is 0.269 e. The summed E-state index contributed by atoms with van der Waals surface area (Å²) in [4.78, 5) is 25.8. The second kappa shape index (κ2) is 9.33. The molecule has 0 aliphatic rings. The Kier molecular flexibility index (Phi) is 6.54. The van der Waals surface area contributed by atoms with Crippen LogP contribution in [0.3, 0.4) is 0 Å². The number of benzene rings is 2. The number of anilines is 2. The van der Waals surface area contributed by atoms with E-state index in [9.17, 15) is 9.59 Å². The molecule has 0 aliphatic heterocycles. The molecule has 0 atom stereocenters. The molecule has 0 radical (unpaired) electrons. The molecule has 156 valence electrons. The van der Waals surface area contributed by atoms with Gasteiger partial charge in [0.15, 0.2) is 5.11 Å². The van der Waals surface area contributed by atoms with Gasteiger partial charge in [-0.25, -0.2) is 0 Å². The van der Waals surface area contributed by atoms with Crippen LogP contribution in [0.15, 0.2) is 60.0 Å². The van der Waals surface area contributed by atoms with E-state index in [1.807, 2.05) is 11.4 Å². The lowest BCUT2D eigenvalue weighted by atomic mass is 10.2. The van der Waals surface area contributed by atoms with Gasteiger partial charge in [0.25, 0.3) is 11.8 Å². The molecule has 3 N–H and O–H groups in total. The quantitative estimate of drug-likeness (QED) is 0.271. The molecule has 2 aromatic heterocycles. The van der Waals surface area contributed by atoms with Crippen molar-refractivity contribution >= 4 is 96.5 Å². The summed E-state index contributed by atoms with van der Waals surface area (Å²) in [5, 5.41) is 12.0. The molecule has 5 nitrogen and oxygen atoms in total. The minimum Gasteiger partial charge on any atom is -0.332 e. The van der Waals surface area contributed by atoms with Crippen molar-refractivity contribution in [1.82, 2.24) is 5.32 Å². The van der Waals surface area contributed by atoms with Crippen LogP contribution in [-0.4, -0.2) is 16.9 Å². The number of thiocarbonyl (C=S) groups is 1. The van der Waals surface area contributed by atoms with Gasteiger partial charge >= 0.3 is 0 Å². The van der Waals surface area contributed by atoms with Crippen LogP contribution in [0.5, 0.6) is 0 Å². The maximum atomic E-state index is 12.7. The Morgan fingerprint density at radius 2 is 1.68 bits per heavy atom. The first-order valence-electron chi connectivity index (χ1n) is 8.85. The van der Waals surface area contributed by atoms with Crippen molar-refractivity contribution in [3.63, 3.8) is 0 Å². The minimum absolute atomic E-state index is 0.110. The largest absolute Gasteiger partial charge is 0.332 e. The lowest BCUT2D eigenvalue weighted by Crippen LogP contribution is -2.33. The molecule has 31 heavy (non-hydrogen) atoms. The van der Waals surface area contributed by atoms with Gasteiger partial charge in [0.1, 0.15) is 4.88 Å². The molecule has 4 rings (SSSR count). The third-order valence-corrected chi connectivity index (χ3v) is 7.11. The Morgan fingerprint density at radius 3 is 2.42 bits per heavy atom. The Hall–Kier alpha value is -2.49. The van der Waals surface area contributed by atoms with Gasteiger partial charge in [0.05, 0.1) is 9.90 Å². The third kappa shape index (κ3) is 5.06. The van der Waals surface area contributed by atoms with Crippen LogP contribution in [0.4, 0.5) is 11.4 Å².